The zero-order valence-corrected chi connectivity index (χ0v) is 15.9. The number of nitrogens with zero attached hydrogens (tertiary/aromatic N) is 1. The van der Waals surface area contributed by atoms with Crippen molar-refractivity contribution in [2.45, 2.75) is 25.4 Å². The van der Waals surface area contributed by atoms with Crippen molar-refractivity contribution in [3.8, 4) is 5.75 Å². The maximum absolute atomic E-state index is 13.1. The lowest BCUT2D eigenvalue weighted by molar-refractivity contribution is -0.142. The summed E-state index contributed by atoms with van der Waals surface area (Å²) in [5.41, 5.74) is 0.833. The summed E-state index contributed by atoms with van der Waals surface area (Å²) in [6, 6.07) is 13.8. The molecule has 0 aromatic heterocycles. The van der Waals surface area contributed by atoms with Crippen molar-refractivity contribution in [2.75, 3.05) is 20.2 Å². The third kappa shape index (κ3) is 4.61. The summed E-state index contributed by atoms with van der Waals surface area (Å²) in [7, 11) is 1.47. The Morgan fingerprint density at radius 2 is 1.74 bits per heavy atom. The molecular formula is C21H22ClNO4. The highest BCUT2D eigenvalue weighted by Gasteiger charge is 2.31. The van der Waals surface area contributed by atoms with Crippen molar-refractivity contribution >= 4 is 23.5 Å². The quantitative estimate of drug-likeness (QED) is 0.719. The fourth-order valence-electron chi connectivity index (χ4n) is 3.18. The van der Waals surface area contributed by atoms with E-state index in [1.54, 1.807) is 29.2 Å². The van der Waals surface area contributed by atoms with Gasteiger partial charge >= 0.3 is 5.97 Å². The highest BCUT2D eigenvalue weighted by molar-refractivity contribution is 6.31. The summed E-state index contributed by atoms with van der Waals surface area (Å²) >= 11 is 6.02. The van der Waals surface area contributed by atoms with Gasteiger partial charge in [-0.15, -0.1) is 0 Å². The minimum atomic E-state index is -1.000. The molecule has 1 atom stereocenters. The Hall–Kier alpha value is -2.53. The van der Waals surface area contributed by atoms with E-state index in [9.17, 15) is 9.59 Å². The molecule has 27 heavy (non-hydrogen) atoms. The van der Waals surface area contributed by atoms with Crippen LogP contribution in [0.25, 0.3) is 0 Å². The Morgan fingerprint density at radius 1 is 1.04 bits per heavy atom. The topological polar surface area (TPSA) is 55.8 Å². The standard InChI is InChI=1S/C21H22ClNO4/c1-26-18-11-10-16(22)14-17(18)21(25)27-19(15-8-4-2-5-9-15)20(24)23-12-6-3-7-13-23/h2,4-5,8-11,14,19H,3,6-7,12-13H2,1H3/t19-/m1/s1. The second-order valence-corrected chi connectivity index (χ2v) is 6.86. The van der Waals surface area contributed by atoms with E-state index in [1.807, 2.05) is 18.2 Å². The summed E-state index contributed by atoms with van der Waals surface area (Å²) in [4.78, 5) is 27.7. The molecule has 2 aromatic rings. The number of hydrogen-bond acceptors (Lipinski definition) is 4. The van der Waals surface area contributed by atoms with Gasteiger partial charge in [0.1, 0.15) is 11.3 Å². The number of esters is 1. The number of hydrogen-bond donors (Lipinski definition) is 0. The summed E-state index contributed by atoms with van der Waals surface area (Å²) in [6.45, 7) is 1.36. The molecule has 1 fully saturated rings. The average Bonchev–Trinajstić information content (AvgIpc) is 2.72. The number of amides is 1. The van der Waals surface area contributed by atoms with Crippen LogP contribution in [0.4, 0.5) is 0 Å². The predicted molar refractivity (Wildman–Crippen MR) is 103 cm³/mol. The smallest absolute Gasteiger partial charge is 0.343 e. The Kier molecular flexibility index (Phi) is 6.35. The lowest BCUT2D eigenvalue weighted by Crippen LogP contribution is -2.40. The van der Waals surface area contributed by atoms with Crippen molar-refractivity contribution in [2.24, 2.45) is 0 Å². The normalized spacial score (nSPS) is 15.1. The van der Waals surface area contributed by atoms with E-state index < -0.39 is 12.1 Å². The van der Waals surface area contributed by atoms with Crippen LogP contribution in [0.5, 0.6) is 5.75 Å². The zero-order valence-electron chi connectivity index (χ0n) is 15.2. The van der Waals surface area contributed by atoms with Crippen LogP contribution in [0.15, 0.2) is 48.5 Å². The van der Waals surface area contributed by atoms with Crippen LogP contribution >= 0.6 is 11.6 Å². The summed E-state index contributed by atoms with van der Waals surface area (Å²) in [5.74, 6) is -0.495. The van der Waals surface area contributed by atoms with Crippen molar-refractivity contribution in [1.29, 1.82) is 0 Å². The lowest BCUT2D eigenvalue weighted by atomic mass is 10.1. The number of carbonyl (C=O) groups excluding carboxylic acids is 2. The number of rotatable bonds is 5. The first-order chi connectivity index (χ1) is 13.1. The van der Waals surface area contributed by atoms with Gasteiger partial charge in [-0.2, -0.15) is 0 Å². The van der Waals surface area contributed by atoms with Crippen molar-refractivity contribution in [3.63, 3.8) is 0 Å². The molecule has 3 rings (SSSR count). The van der Waals surface area contributed by atoms with E-state index >= 15 is 0 Å². The summed E-state index contributed by atoms with van der Waals surface area (Å²) in [5, 5.41) is 0.390. The van der Waals surface area contributed by atoms with Gasteiger partial charge in [0.15, 0.2) is 0 Å². The van der Waals surface area contributed by atoms with Crippen LogP contribution in [-0.4, -0.2) is 37.0 Å². The molecule has 0 spiro atoms. The molecule has 1 heterocycles. The number of piperidine rings is 1. The minimum absolute atomic E-state index is 0.192. The molecule has 5 nitrogen and oxygen atoms in total. The highest BCUT2D eigenvalue weighted by atomic mass is 35.5. The second-order valence-electron chi connectivity index (χ2n) is 6.43. The third-order valence-corrected chi connectivity index (χ3v) is 4.84. The summed E-state index contributed by atoms with van der Waals surface area (Å²) < 4.78 is 10.9. The molecule has 0 saturated carbocycles. The fraction of sp³-hybridized carbons (Fsp3) is 0.333. The number of carbonyl (C=O) groups is 2. The largest absolute Gasteiger partial charge is 0.496 e. The molecular weight excluding hydrogens is 366 g/mol. The first kappa shape index (κ1) is 19.2. The first-order valence-electron chi connectivity index (χ1n) is 8.98. The van der Waals surface area contributed by atoms with E-state index in [0.717, 1.165) is 19.3 Å². The first-order valence-corrected chi connectivity index (χ1v) is 9.36. The molecule has 1 aliphatic heterocycles. The predicted octanol–water partition coefficient (Wildman–Crippen LogP) is 4.26. The van der Waals surface area contributed by atoms with Crippen LogP contribution in [-0.2, 0) is 9.53 Å². The van der Waals surface area contributed by atoms with Crippen LogP contribution in [0.3, 0.4) is 0 Å². The van der Waals surface area contributed by atoms with Crippen molar-refractivity contribution < 1.29 is 19.1 Å². The van der Waals surface area contributed by atoms with E-state index in [4.69, 9.17) is 21.1 Å². The van der Waals surface area contributed by atoms with Crippen LogP contribution in [0, 0.1) is 0 Å². The summed E-state index contributed by atoms with van der Waals surface area (Å²) in [6.07, 6.45) is 2.03. The number of benzene rings is 2. The fourth-order valence-corrected chi connectivity index (χ4v) is 3.35. The number of likely N-dealkylation sites (tertiary alicyclic amines) is 1. The SMILES string of the molecule is COc1ccc(Cl)cc1C(=O)O[C@@H](C(=O)N1CCCCC1)c1ccccc1. The Balaban J connectivity index is 1.88. The average molecular weight is 388 g/mol. The number of ether oxygens (including phenoxy) is 2. The van der Waals surface area contributed by atoms with Gasteiger partial charge in [0.2, 0.25) is 6.10 Å². The maximum Gasteiger partial charge on any atom is 0.343 e. The Bertz CT molecular complexity index is 803. The molecule has 1 saturated heterocycles. The number of halogens is 1. The molecule has 0 N–H and O–H groups in total. The number of methoxy groups -OCH3 is 1. The molecule has 0 bridgehead atoms. The van der Waals surface area contributed by atoms with Gasteiger partial charge in [-0.25, -0.2) is 4.79 Å². The van der Waals surface area contributed by atoms with Gasteiger partial charge in [0.25, 0.3) is 5.91 Å². The Labute approximate surface area is 163 Å². The van der Waals surface area contributed by atoms with E-state index in [0.29, 0.717) is 29.4 Å². The molecule has 0 radical (unpaired) electrons. The van der Waals surface area contributed by atoms with Crippen LogP contribution in [0.1, 0.15) is 41.3 Å². The van der Waals surface area contributed by atoms with Crippen LogP contribution in [0.2, 0.25) is 5.02 Å². The van der Waals surface area contributed by atoms with Gasteiger partial charge in [-0.05, 0) is 37.5 Å². The molecule has 142 valence electrons. The second kappa shape index (κ2) is 8.91. The van der Waals surface area contributed by atoms with Gasteiger partial charge in [0.05, 0.1) is 7.11 Å². The molecule has 1 aliphatic rings. The van der Waals surface area contributed by atoms with Gasteiger partial charge < -0.3 is 14.4 Å². The molecule has 0 unspecified atom stereocenters. The molecule has 2 aromatic carbocycles. The molecule has 1 amide bonds. The highest BCUT2D eigenvalue weighted by Crippen LogP contribution is 2.28. The van der Waals surface area contributed by atoms with E-state index in [-0.39, 0.29) is 11.5 Å². The third-order valence-electron chi connectivity index (χ3n) is 4.60. The Morgan fingerprint density at radius 3 is 2.41 bits per heavy atom. The zero-order chi connectivity index (χ0) is 19.2. The van der Waals surface area contributed by atoms with E-state index in [1.165, 1.54) is 13.2 Å². The van der Waals surface area contributed by atoms with Crippen molar-refractivity contribution in [3.05, 3.63) is 64.7 Å². The maximum atomic E-state index is 13.1. The monoisotopic (exact) mass is 387 g/mol. The molecule has 6 heteroatoms. The van der Waals surface area contributed by atoms with Crippen molar-refractivity contribution in [1.82, 2.24) is 4.90 Å². The van der Waals surface area contributed by atoms with Gasteiger partial charge in [0, 0.05) is 23.7 Å². The van der Waals surface area contributed by atoms with Crippen LogP contribution < -0.4 is 4.74 Å². The van der Waals surface area contributed by atoms with E-state index in [2.05, 4.69) is 0 Å². The molecule has 0 aliphatic carbocycles. The lowest BCUT2D eigenvalue weighted by Gasteiger charge is -2.30. The van der Waals surface area contributed by atoms with Gasteiger partial charge in [-0.3, -0.25) is 4.79 Å². The van der Waals surface area contributed by atoms with Gasteiger partial charge in [-0.1, -0.05) is 41.9 Å². The minimum Gasteiger partial charge on any atom is -0.496 e.